The average molecular weight is 368 g/mol. The first kappa shape index (κ1) is 19.3. The fraction of sp³-hybridized carbons (Fsp3) is 0.524. The Labute approximate surface area is 160 Å². The van der Waals surface area contributed by atoms with Gasteiger partial charge in [0.2, 0.25) is 5.91 Å². The van der Waals surface area contributed by atoms with Gasteiger partial charge in [-0.05, 0) is 39.2 Å². The Bertz CT molecular complexity index is 820. The van der Waals surface area contributed by atoms with Gasteiger partial charge in [-0.2, -0.15) is 5.10 Å². The van der Waals surface area contributed by atoms with E-state index in [4.69, 9.17) is 0 Å². The van der Waals surface area contributed by atoms with Crippen LogP contribution in [0.25, 0.3) is 0 Å². The lowest BCUT2D eigenvalue weighted by atomic mass is 9.70. The highest BCUT2D eigenvalue weighted by Crippen LogP contribution is 2.36. The maximum atomic E-state index is 12.9. The van der Waals surface area contributed by atoms with Crippen molar-refractivity contribution in [3.05, 3.63) is 47.5 Å². The summed E-state index contributed by atoms with van der Waals surface area (Å²) in [6.45, 7) is 9.09. The molecule has 0 radical (unpaired) electrons. The Hall–Kier alpha value is -2.50. The number of amides is 1. The van der Waals surface area contributed by atoms with E-state index in [0.29, 0.717) is 32.5 Å². The number of Topliss-reactive ketones (excluding diaryl/α,β-unsaturated/α-hetero) is 1. The fourth-order valence-electron chi connectivity index (χ4n) is 4.09. The maximum absolute atomic E-state index is 12.9. The largest absolute Gasteiger partial charge is 0.342 e. The lowest BCUT2D eigenvalue weighted by Gasteiger charge is -2.41. The summed E-state index contributed by atoms with van der Waals surface area (Å²) in [4.78, 5) is 31.6. The minimum Gasteiger partial charge on any atom is -0.342 e. The van der Waals surface area contributed by atoms with E-state index in [0.717, 1.165) is 17.2 Å². The van der Waals surface area contributed by atoms with Crippen molar-refractivity contribution in [2.45, 2.75) is 52.5 Å². The molecule has 1 aliphatic heterocycles. The molecule has 1 aromatic carbocycles. The Morgan fingerprint density at radius 3 is 2.30 bits per heavy atom. The number of ketones is 1. The van der Waals surface area contributed by atoms with Gasteiger partial charge in [0.05, 0.1) is 17.9 Å². The highest BCUT2D eigenvalue weighted by atomic mass is 16.2. The molecule has 1 amide bonds. The number of nitrogens with zero attached hydrogens (tertiary/aromatic N) is 4. The molecule has 1 fully saturated rings. The van der Waals surface area contributed by atoms with Crippen LogP contribution in [0, 0.1) is 19.8 Å². The van der Waals surface area contributed by atoms with Gasteiger partial charge in [-0.15, -0.1) is 0 Å². The number of hydrogen-bond donors (Lipinski definition) is 0. The van der Waals surface area contributed by atoms with Crippen LogP contribution in [0.15, 0.2) is 30.3 Å². The van der Waals surface area contributed by atoms with Gasteiger partial charge in [-0.25, -0.2) is 9.67 Å². The van der Waals surface area contributed by atoms with Crippen molar-refractivity contribution in [1.82, 2.24) is 19.7 Å². The van der Waals surface area contributed by atoms with E-state index in [1.54, 1.807) is 11.6 Å². The Balaban J connectivity index is 1.68. The van der Waals surface area contributed by atoms with Gasteiger partial charge in [-0.1, -0.05) is 37.3 Å². The van der Waals surface area contributed by atoms with Gasteiger partial charge in [-0.3, -0.25) is 9.59 Å². The highest BCUT2D eigenvalue weighted by molar-refractivity contribution is 5.88. The van der Waals surface area contributed by atoms with E-state index < -0.39 is 5.41 Å². The van der Waals surface area contributed by atoms with E-state index in [9.17, 15) is 9.59 Å². The number of carbonyl (C=O) groups is 2. The summed E-state index contributed by atoms with van der Waals surface area (Å²) in [6, 6.07) is 9.96. The first-order valence-electron chi connectivity index (χ1n) is 9.57. The number of rotatable bonds is 5. The van der Waals surface area contributed by atoms with Crippen LogP contribution in [0.1, 0.15) is 43.9 Å². The van der Waals surface area contributed by atoms with Crippen LogP contribution in [-0.2, 0) is 21.5 Å². The molecule has 0 N–H and O–H groups in total. The summed E-state index contributed by atoms with van der Waals surface area (Å²) < 4.78 is 1.80. The van der Waals surface area contributed by atoms with E-state index in [1.807, 2.05) is 56.0 Å². The van der Waals surface area contributed by atoms with Gasteiger partial charge >= 0.3 is 0 Å². The first-order valence-corrected chi connectivity index (χ1v) is 9.57. The zero-order valence-electron chi connectivity index (χ0n) is 16.6. The number of benzene rings is 1. The van der Waals surface area contributed by atoms with E-state index in [2.05, 4.69) is 10.1 Å². The molecule has 0 unspecified atom stereocenters. The molecule has 1 atom stereocenters. The lowest BCUT2D eigenvalue weighted by molar-refractivity contribution is -0.139. The summed E-state index contributed by atoms with van der Waals surface area (Å²) >= 11 is 0. The fourth-order valence-corrected chi connectivity index (χ4v) is 4.09. The molecule has 27 heavy (non-hydrogen) atoms. The minimum absolute atomic E-state index is 0.118. The summed E-state index contributed by atoms with van der Waals surface area (Å²) in [7, 11) is 0. The van der Waals surface area contributed by atoms with Crippen LogP contribution in [0.5, 0.6) is 0 Å². The number of aryl methyl sites for hydroxylation is 2. The molecule has 0 saturated carbocycles. The normalized spacial score (nSPS) is 17.6. The van der Waals surface area contributed by atoms with E-state index >= 15 is 0 Å². The van der Waals surface area contributed by atoms with Crippen molar-refractivity contribution >= 4 is 11.7 Å². The van der Waals surface area contributed by atoms with Crippen molar-refractivity contribution in [2.24, 2.45) is 5.92 Å². The van der Waals surface area contributed by atoms with Gasteiger partial charge in [0, 0.05) is 13.1 Å². The third-order valence-corrected chi connectivity index (χ3v) is 5.76. The molecule has 0 aliphatic carbocycles. The predicted octanol–water partition coefficient (Wildman–Crippen LogP) is 2.68. The molecule has 144 valence electrons. The summed E-state index contributed by atoms with van der Waals surface area (Å²) in [5.41, 5.74) is 0.590. The summed E-state index contributed by atoms with van der Waals surface area (Å²) in [6.07, 6.45) is 1.35. The average Bonchev–Trinajstić information content (AvgIpc) is 2.98. The number of hydrogen-bond acceptors (Lipinski definition) is 4. The van der Waals surface area contributed by atoms with Crippen LogP contribution in [0.2, 0.25) is 0 Å². The molecule has 2 heterocycles. The molecule has 3 rings (SSSR count). The van der Waals surface area contributed by atoms with Crippen LogP contribution < -0.4 is 0 Å². The second-order valence-corrected chi connectivity index (χ2v) is 7.62. The number of aromatic nitrogens is 3. The van der Waals surface area contributed by atoms with E-state index in [1.165, 1.54) is 0 Å². The summed E-state index contributed by atoms with van der Waals surface area (Å²) in [5, 5.41) is 4.35. The molecule has 6 heteroatoms. The topological polar surface area (TPSA) is 68.1 Å². The minimum atomic E-state index is -0.471. The van der Waals surface area contributed by atoms with Gasteiger partial charge in [0.15, 0.2) is 0 Å². The molecule has 1 aliphatic rings. The number of likely N-dealkylation sites (tertiary alicyclic amines) is 1. The molecular formula is C21H28N4O2. The Morgan fingerprint density at radius 2 is 1.78 bits per heavy atom. The predicted molar refractivity (Wildman–Crippen MR) is 103 cm³/mol. The molecule has 0 spiro atoms. The lowest BCUT2D eigenvalue weighted by Crippen LogP contribution is -2.49. The highest BCUT2D eigenvalue weighted by Gasteiger charge is 2.41. The van der Waals surface area contributed by atoms with Crippen molar-refractivity contribution in [3.8, 4) is 0 Å². The third-order valence-electron chi connectivity index (χ3n) is 5.76. The molecule has 2 aromatic rings. The molecule has 6 nitrogen and oxygen atoms in total. The van der Waals surface area contributed by atoms with Crippen LogP contribution in [-0.4, -0.2) is 44.4 Å². The van der Waals surface area contributed by atoms with Crippen LogP contribution in [0.3, 0.4) is 0 Å². The van der Waals surface area contributed by atoms with E-state index in [-0.39, 0.29) is 17.6 Å². The van der Waals surface area contributed by atoms with Crippen LogP contribution in [0.4, 0.5) is 0 Å². The smallest absolute Gasteiger partial charge is 0.227 e. The molecule has 1 saturated heterocycles. The Morgan fingerprint density at radius 1 is 1.15 bits per heavy atom. The second kappa shape index (κ2) is 7.62. The van der Waals surface area contributed by atoms with Crippen LogP contribution >= 0.6 is 0 Å². The Kier molecular flexibility index (Phi) is 5.44. The van der Waals surface area contributed by atoms with Crippen molar-refractivity contribution in [2.75, 3.05) is 13.1 Å². The van der Waals surface area contributed by atoms with Gasteiger partial charge in [0.25, 0.3) is 0 Å². The number of carbonyl (C=O) groups excluding carboxylic acids is 2. The van der Waals surface area contributed by atoms with Crippen molar-refractivity contribution in [1.29, 1.82) is 0 Å². The molecule has 1 aromatic heterocycles. The molecular weight excluding hydrogens is 340 g/mol. The zero-order valence-corrected chi connectivity index (χ0v) is 16.6. The monoisotopic (exact) mass is 368 g/mol. The zero-order chi connectivity index (χ0) is 19.6. The number of piperidine rings is 1. The summed E-state index contributed by atoms with van der Waals surface area (Å²) in [5.74, 6) is 1.67. The van der Waals surface area contributed by atoms with Crippen molar-refractivity contribution in [3.63, 3.8) is 0 Å². The second-order valence-electron chi connectivity index (χ2n) is 7.62. The standard InChI is InChI=1S/C21H28N4O2/c1-15(14-25-18(4)22-17(3)23-25)20(27)24-12-10-21(11-13-24,16(2)26)19-8-6-5-7-9-19/h5-9,15H,10-14H2,1-4H3/t15-/m0/s1. The first-order chi connectivity index (χ1) is 12.8. The quantitative estimate of drug-likeness (QED) is 0.814. The molecule has 0 bridgehead atoms. The van der Waals surface area contributed by atoms with Gasteiger partial charge in [0.1, 0.15) is 17.4 Å². The van der Waals surface area contributed by atoms with Crippen molar-refractivity contribution < 1.29 is 9.59 Å². The SMILES string of the molecule is CC(=O)C1(c2ccccc2)CCN(C(=O)[C@@H](C)Cn2nc(C)nc2C)CC1. The van der Waals surface area contributed by atoms with Gasteiger partial charge < -0.3 is 4.90 Å². The maximum Gasteiger partial charge on any atom is 0.227 e. The third kappa shape index (κ3) is 3.80.